The molecular weight excluding hydrogens is 128 g/mol. The van der Waals surface area contributed by atoms with Gasteiger partial charge in [-0.05, 0) is 25.9 Å². The quantitative estimate of drug-likeness (QED) is 0.476. The summed E-state index contributed by atoms with van der Waals surface area (Å²) in [5.74, 6) is 0. The number of nitrogens with two attached hydrogens (primary N) is 1. The average molecular weight is 146 g/mol. The summed E-state index contributed by atoms with van der Waals surface area (Å²) in [5.41, 5.74) is 4.78. The van der Waals surface area contributed by atoms with E-state index in [2.05, 4.69) is 5.32 Å². The Morgan fingerprint density at radius 3 is 1.80 bits per heavy atom. The van der Waals surface area contributed by atoms with E-state index in [1.165, 1.54) is 32.4 Å². The van der Waals surface area contributed by atoms with Crippen LogP contribution in [-0.4, -0.2) is 31.3 Å². The summed E-state index contributed by atoms with van der Waals surface area (Å²) in [7, 11) is 0. The van der Waals surface area contributed by atoms with Crippen LogP contribution < -0.4 is 11.1 Å². The molecule has 10 heavy (non-hydrogen) atoms. The molecule has 1 heterocycles. The van der Waals surface area contributed by atoms with Crippen LogP contribution in [0, 0.1) is 0 Å². The molecule has 0 amide bonds. The summed E-state index contributed by atoms with van der Waals surface area (Å²) in [6, 6.07) is 0. The first-order valence-electron chi connectivity index (χ1n) is 3.93. The highest BCUT2D eigenvalue weighted by molar-refractivity contribution is 4.55. The van der Waals surface area contributed by atoms with E-state index in [1.807, 2.05) is 0 Å². The molecule has 0 aromatic rings. The second kappa shape index (κ2) is 8.88. The summed E-state index contributed by atoms with van der Waals surface area (Å²) in [4.78, 5) is 0. The minimum absolute atomic E-state index is 0.0972. The van der Waals surface area contributed by atoms with Crippen LogP contribution in [-0.2, 0) is 0 Å². The number of aliphatic hydroxyl groups is 1. The van der Waals surface area contributed by atoms with Gasteiger partial charge < -0.3 is 16.2 Å². The molecule has 0 atom stereocenters. The molecule has 0 unspecified atom stereocenters. The largest absolute Gasteiger partial charge is 0.395 e. The van der Waals surface area contributed by atoms with E-state index in [9.17, 15) is 0 Å². The van der Waals surface area contributed by atoms with Crippen molar-refractivity contribution in [2.24, 2.45) is 5.73 Å². The van der Waals surface area contributed by atoms with Crippen LogP contribution in [0.2, 0.25) is 0 Å². The van der Waals surface area contributed by atoms with Crippen LogP contribution in [0.1, 0.15) is 19.3 Å². The van der Waals surface area contributed by atoms with Gasteiger partial charge in [0.15, 0.2) is 0 Å². The van der Waals surface area contributed by atoms with Crippen LogP contribution in [0.25, 0.3) is 0 Å². The van der Waals surface area contributed by atoms with Crippen LogP contribution >= 0.6 is 0 Å². The molecule has 0 radical (unpaired) electrons. The first kappa shape index (κ1) is 9.88. The summed E-state index contributed by atoms with van der Waals surface area (Å²) in [6.45, 7) is 2.97. The molecule has 0 aliphatic carbocycles. The Bertz CT molecular complexity index is 42.1. The fourth-order valence-electron chi connectivity index (χ4n) is 0.802. The summed E-state index contributed by atoms with van der Waals surface area (Å²) in [6.07, 6.45) is 4.22. The number of hydrogen-bond donors (Lipinski definition) is 3. The average Bonchev–Trinajstić information content (AvgIpc) is 2.08. The summed E-state index contributed by atoms with van der Waals surface area (Å²) >= 11 is 0. The van der Waals surface area contributed by atoms with Crippen molar-refractivity contribution in [3.8, 4) is 0 Å². The lowest BCUT2D eigenvalue weighted by molar-refractivity contribution is 0.306. The highest BCUT2D eigenvalue weighted by Crippen LogP contribution is 1.96. The van der Waals surface area contributed by atoms with E-state index in [1.54, 1.807) is 0 Å². The van der Waals surface area contributed by atoms with Crippen LogP contribution in [0.3, 0.4) is 0 Å². The second-order valence-electron chi connectivity index (χ2n) is 2.32. The molecule has 0 saturated carbocycles. The topological polar surface area (TPSA) is 58.3 Å². The third-order valence-electron chi connectivity index (χ3n) is 1.34. The first-order valence-corrected chi connectivity index (χ1v) is 3.93. The minimum atomic E-state index is 0.0972. The molecule has 0 spiro atoms. The Hall–Kier alpha value is -0.120. The zero-order valence-corrected chi connectivity index (χ0v) is 6.47. The summed E-state index contributed by atoms with van der Waals surface area (Å²) < 4.78 is 0. The number of aliphatic hydroxyl groups excluding tert-OH is 1. The van der Waals surface area contributed by atoms with E-state index in [0.29, 0.717) is 6.54 Å². The fourth-order valence-corrected chi connectivity index (χ4v) is 0.802. The molecule has 0 aromatic heterocycles. The number of hydrogen-bond acceptors (Lipinski definition) is 3. The van der Waals surface area contributed by atoms with Crippen molar-refractivity contribution in [3.05, 3.63) is 0 Å². The predicted molar refractivity (Wildman–Crippen MR) is 42.9 cm³/mol. The third kappa shape index (κ3) is 7.88. The Kier molecular flexibility index (Phi) is 8.77. The third-order valence-corrected chi connectivity index (χ3v) is 1.34. The van der Waals surface area contributed by atoms with Gasteiger partial charge in [-0.2, -0.15) is 0 Å². The molecule has 0 aromatic carbocycles. The molecule has 4 N–H and O–H groups in total. The highest BCUT2D eigenvalue weighted by atomic mass is 16.3. The lowest BCUT2D eigenvalue weighted by Crippen LogP contribution is -2.21. The van der Waals surface area contributed by atoms with Crippen molar-refractivity contribution in [1.82, 2.24) is 5.32 Å². The smallest absolute Gasteiger partial charge is 0.0553 e. The monoisotopic (exact) mass is 146 g/mol. The molecule has 1 aliphatic heterocycles. The van der Waals surface area contributed by atoms with Crippen molar-refractivity contribution in [3.63, 3.8) is 0 Å². The van der Waals surface area contributed by atoms with Gasteiger partial charge >= 0.3 is 0 Å². The van der Waals surface area contributed by atoms with E-state index in [-0.39, 0.29) is 6.61 Å². The molecule has 1 fully saturated rings. The summed E-state index contributed by atoms with van der Waals surface area (Å²) in [5, 5.41) is 11.0. The minimum Gasteiger partial charge on any atom is -0.395 e. The van der Waals surface area contributed by atoms with E-state index in [0.717, 1.165) is 0 Å². The van der Waals surface area contributed by atoms with Crippen molar-refractivity contribution < 1.29 is 5.11 Å². The standard InChI is InChI=1S/C5H11N.C2H7NO/c1-2-4-6-5-3-1;3-1-2-4/h6H,1-5H2;4H,1-3H2. The maximum absolute atomic E-state index is 7.75. The van der Waals surface area contributed by atoms with Gasteiger partial charge in [-0.15, -0.1) is 0 Å². The van der Waals surface area contributed by atoms with Gasteiger partial charge in [-0.25, -0.2) is 0 Å². The van der Waals surface area contributed by atoms with Crippen molar-refractivity contribution in [2.75, 3.05) is 26.2 Å². The number of piperidine rings is 1. The van der Waals surface area contributed by atoms with Gasteiger partial charge in [0.25, 0.3) is 0 Å². The lowest BCUT2D eigenvalue weighted by Gasteiger charge is -2.08. The Morgan fingerprint density at radius 1 is 1.20 bits per heavy atom. The zero-order valence-electron chi connectivity index (χ0n) is 6.47. The molecule has 0 bridgehead atoms. The van der Waals surface area contributed by atoms with E-state index < -0.39 is 0 Å². The number of nitrogens with one attached hydrogen (secondary N) is 1. The Balaban J connectivity index is 0.000000180. The van der Waals surface area contributed by atoms with Crippen LogP contribution in [0.4, 0.5) is 0 Å². The highest BCUT2D eigenvalue weighted by Gasteiger charge is 1.93. The maximum Gasteiger partial charge on any atom is 0.0553 e. The molecular formula is C7H18N2O. The van der Waals surface area contributed by atoms with E-state index in [4.69, 9.17) is 10.8 Å². The van der Waals surface area contributed by atoms with Crippen molar-refractivity contribution >= 4 is 0 Å². The van der Waals surface area contributed by atoms with Gasteiger partial charge in [0.1, 0.15) is 0 Å². The molecule has 1 aliphatic rings. The van der Waals surface area contributed by atoms with Crippen LogP contribution in [0.5, 0.6) is 0 Å². The van der Waals surface area contributed by atoms with Gasteiger partial charge in [0.2, 0.25) is 0 Å². The zero-order chi connectivity index (χ0) is 7.66. The first-order chi connectivity index (χ1) is 4.91. The van der Waals surface area contributed by atoms with Gasteiger partial charge in [0, 0.05) is 6.54 Å². The maximum atomic E-state index is 7.75. The molecule has 1 saturated heterocycles. The van der Waals surface area contributed by atoms with Crippen molar-refractivity contribution in [1.29, 1.82) is 0 Å². The van der Waals surface area contributed by atoms with Crippen LogP contribution in [0.15, 0.2) is 0 Å². The molecule has 1 rings (SSSR count). The Morgan fingerprint density at radius 2 is 1.70 bits per heavy atom. The van der Waals surface area contributed by atoms with Gasteiger partial charge in [0.05, 0.1) is 6.61 Å². The molecule has 3 nitrogen and oxygen atoms in total. The SMILES string of the molecule is C1CCNCC1.NCCO. The fraction of sp³-hybridized carbons (Fsp3) is 1.00. The normalized spacial score (nSPS) is 17.4. The van der Waals surface area contributed by atoms with Gasteiger partial charge in [-0.1, -0.05) is 6.42 Å². The van der Waals surface area contributed by atoms with Gasteiger partial charge in [-0.3, -0.25) is 0 Å². The van der Waals surface area contributed by atoms with E-state index >= 15 is 0 Å². The second-order valence-corrected chi connectivity index (χ2v) is 2.32. The molecule has 62 valence electrons. The predicted octanol–water partition coefficient (Wildman–Crippen LogP) is -0.303. The molecule has 3 heteroatoms. The Labute approximate surface area is 62.6 Å². The van der Waals surface area contributed by atoms with Crippen molar-refractivity contribution in [2.45, 2.75) is 19.3 Å². The lowest BCUT2D eigenvalue weighted by atomic mass is 10.2. The number of rotatable bonds is 1.